The first-order valence-electron chi connectivity index (χ1n) is 8.63. The average Bonchev–Trinajstić information content (AvgIpc) is 2.66. The zero-order valence-corrected chi connectivity index (χ0v) is 13.9. The first-order valence-corrected chi connectivity index (χ1v) is 8.63. The van der Waals surface area contributed by atoms with Crippen LogP contribution in [0.2, 0.25) is 0 Å². The van der Waals surface area contributed by atoms with Gasteiger partial charge in [-0.2, -0.15) is 0 Å². The van der Waals surface area contributed by atoms with E-state index in [1.807, 2.05) is 35.2 Å². The number of piperidine rings is 1. The highest BCUT2D eigenvalue weighted by Crippen LogP contribution is 2.17. The van der Waals surface area contributed by atoms with E-state index in [0.29, 0.717) is 13.0 Å². The lowest BCUT2D eigenvalue weighted by Crippen LogP contribution is -2.40. The van der Waals surface area contributed by atoms with Gasteiger partial charge in [-0.15, -0.1) is 0 Å². The van der Waals surface area contributed by atoms with E-state index < -0.39 is 0 Å². The molecule has 3 rings (SSSR count). The van der Waals surface area contributed by atoms with Gasteiger partial charge >= 0.3 is 0 Å². The van der Waals surface area contributed by atoms with Crippen LogP contribution in [-0.4, -0.2) is 35.0 Å². The highest BCUT2D eigenvalue weighted by atomic mass is 16.5. The Morgan fingerprint density at radius 3 is 2.46 bits per heavy atom. The molecule has 1 aliphatic heterocycles. The summed E-state index contributed by atoms with van der Waals surface area (Å²) in [5.74, 6) is 0.244. The number of ether oxygens (including phenoxy) is 1. The van der Waals surface area contributed by atoms with Crippen LogP contribution in [0.15, 0.2) is 54.9 Å². The minimum absolute atomic E-state index is 0.244. The van der Waals surface area contributed by atoms with Crippen molar-refractivity contribution in [2.24, 2.45) is 0 Å². The summed E-state index contributed by atoms with van der Waals surface area (Å²) in [7, 11) is 0. The fourth-order valence-electron chi connectivity index (χ4n) is 3.02. The second kappa shape index (κ2) is 8.60. The summed E-state index contributed by atoms with van der Waals surface area (Å²) in [5, 5.41) is 0. The molecule has 2 heterocycles. The van der Waals surface area contributed by atoms with Crippen molar-refractivity contribution in [1.82, 2.24) is 9.88 Å². The molecule has 1 fully saturated rings. The molecule has 0 bridgehead atoms. The first kappa shape index (κ1) is 16.7. The van der Waals surface area contributed by atoms with Gasteiger partial charge in [0.15, 0.2) is 0 Å². The number of amides is 1. The molecule has 4 heteroatoms. The Bertz CT molecular complexity index is 623. The van der Waals surface area contributed by atoms with Gasteiger partial charge in [0, 0.05) is 31.9 Å². The fourth-order valence-corrected chi connectivity index (χ4v) is 3.02. The number of nitrogens with zero attached hydrogens (tertiary/aromatic N) is 2. The molecule has 126 valence electrons. The summed E-state index contributed by atoms with van der Waals surface area (Å²) in [4.78, 5) is 18.3. The first-order chi connectivity index (χ1) is 11.8. The predicted molar refractivity (Wildman–Crippen MR) is 93.4 cm³/mol. The lowest BCUT2D eigenvalue weighted by atomic mass is 10.1. The van der Waals surface area contributed by atoms with Crippen molar-refractivity contribution < 1.29 is 9.53 Å². The maximum atomic E-state index is 12.3. The van der Waals surface area contributed by atoms with Crippen molar-refractivity contribution in [2.75, 3.05) is 13.1 Å². The maximum absolute atomic E-state index is 12.3. The van der Waals surface area contributed by atoms with E-state index in [2.05, 4.69) is 17.1 Å². The predicted octanol–water partition coefficient (Wildman–Crippen LogP) is 3.22. The van der Waals surface area contributed by atoms with Gasteiger partial charge in [0.25, 0.3) is 0 Å². The summed E-state index contributed by atoms with van der Waals surface area (Å²) in [5.41, 5.74) is 2.37. The molecule has 0 atom stereocenters. The molecular formula is C20H24N2O2. The third-order valence-electron chi connectivity index (χ3n) is 4.50. The molecule has 24 heavy (non-hydrogen) atoms. The lowest BCUT2D eigenvalue weighted by molar-refractivity contribution is -0.134. The maximum Gasteiger partial charge on any atom is 0.222 e. The Morgan fingerprint density at radius 2 is 1.75 bits per heavy atom. The van der Waals surface area contributed by atoms with Gasteiger partial charge in [0.1, 0.15) is 0 Å². The molecule has 1 saturated heterocycles. The summed E-state index contributed by atoms with van der Waals surface area (Å²) in [6.07, 6.45) is 7.01. The van der Waals surface area contributed by atoms with E-state index in [1.54, 1.807) is 12.4 Å². The zero-order chi connectivity index (χ0) is 16.6. The van der Waals surface area contributed by atoms with Crippen molar-refractivity contribution in [3.8, 4) is 0 Å². The SMILES string of the molecule is O=C(CCc1ccncc1)N1CCC(OCc2ccccc2)CC1. The standard InChI is InChI=1S/C20H24N2O2/c23-20(7-6-17-8-12-21-13-9-17)22-14-10-19(11-15-22)24-16-18-4-2-1-3-5-18/h1-5,8-9,12-13,19H,6-7,10-11,14-16H2. The van der Waals surface area contributed by atoms with Crippen LogP contribution in [0.25, 0.3) is 0 Å². The van der Waals surface area contributed by atoms with Gasteiger partial charge in [0.05, 0.1) is 12.7 Å². The average molecular weight is 324 g/mol. The molecule has 0 aliphatic carbocycles. The number of carbonyl (C=O) groups is 1. The molecule has 0 N–H and O–H groups in total. The van der Waals surface area contributed by atoms with Crippen molar-refractivity contribution >= 4 is 5.91 Å². The van der Waals surface area contributed by atoms with Gasteiger partial charge < -0.3 is 9.64 Å². The Morgan fingerprint density at radius 1 is 1.04 bits per heavy atom. The molecule has 0 saturated carbocycles. The quantitative estimate of drug-likeness (QED) is 0.819. The second-order valence-corrected chi connectivity index (χ2v) is 6.23. The third-order valence-corrected chi connectivity index (χ3v) is 4.50. The summed E-state index contributed by atoms with van der Waals surface area (Å²) in [6, 6.07) is 14.2. The lowest BCUT2D eigenvalue weighted by Gasteiger charge is -2.32. The van der Waals surface area contributed by atoms with E-state index in [4.69, 9.17) is 4.74 Å². The van der Waals surface area contributed by atoms with Crippen LogP contribution in [0.3, 0.4) is 0 Å². The summed E-state index contributed by atoms with van der Waals surface area (Å²) >= 11 is 0. The normalized spacial score (nSPS) is 15.4. The minimum Gasteiger partial charge on any atom is -0.373 e. The summed E-state index contributed by atoms with van der Waals surface area (Å²) < 4.78 is 5.98. The molecule has 0 unspecified atom stereocenters. The molecule has 4 nitrogen and oxygen atoms in total. The van der Waals surface area contributed by atoms with Gasteiger partial charge in [-0.1, -0.05) is 30.3 Å². The number of pyridine rings is 1. The van der Waals surface area contributed by atoms with Crippen LogP contribution in [0.4, 0.5) is 0 Å². The Labute approximate surface area is 143 Å². The van der Waals surface area contributed by atoms with E-state index in [1.165, 1.54) is 11.1 Å². The molecular weight excluding hydrogens is 300 g/mol. The molecule has 1 aromatic heterocycles. The van der Waals surface area contributed by atoms with Crippen LogP contribution >= 0.6 is 0 Å². The van der Waals surface area contributed by atoms with Crippen molar-refractivity contribution in [2.45, 2.75) is 38.4 Å². The van der Waals surface area contributed by atoms with E-state index in [-0.39, 0.29) is 12.0 Å². The van der Waals surface area contributed by atoms with E-state index in [0.717, 1.165) is 32.4 Å². The number of aromatic nitrogens is 1. The van der Waals surface area contributed by atoms with Crippen LogP contribution in [0, 0.1) is 0 Å². The van der Waals surface area contributed by atoms with Gasteiger partial charge in [-0.05, 0) is 42.5 Å². The Hall–Kier alpha value is -2.20. The number of hydrogen-bond acceptors (Lipinski definition) is 3. The number of aryl methyl sites for hydroxylation is 1. The Kier molecular flexibility index (Phi) is 5.96. The van der Waals surface area contributed by atoms with Gasteiger partial charge in [-0.3, -0.25) is 9.78 Å². The highest BCUT2D eigenvalue weighted by Gasteiger charge is 2.22. The highest BCUT2D eigenvalue weighted by molar-refractivity contribution is 5.76. The van der Waals surface area contributed by atoms with Crippen molar-refractivity contribution in [3.63, 3.8) is 0 Å². The summed E-state index contributed by atoms with van der Waals surface area (Å²) in [6.45, 7) is 2.25. The molecule has 1 amide bonds. The third kappa shape index (κ3) is 4.90. The molecule has 0 spiro atoms. The second-order valence-electron chi connectivity index (χ2n) is 6.23. The number of benzene rings is 1. The minimum atomic E-state index is 0.244. The van der Waals surface area contributed by atoms with Crippen LogP contribution in [-0.2, 0) is 22.6 Å². The molecule has 1 aliphatic rings. The number of carbonyl (C=O) groups excluding carboxylic acids is 1. The van der Waals surface area contributed by atoms with Crippen LogP contribution in [0.5, 0.6) is 0 Å². The molecule has 0 radical (unpaired) electrons. The monoisotopic (exact) mass is 324 g/mol. The number of likely N-dealkylation sites (tertiary alicyclic amines) is 1. The number of rotatable bonds is 6. The van der Waals surface area contributed by atoms with Gasteiger partial charge in [-0.25, -0.2) is 0 Å². The molecule has 1 aromatic carbocycles. The van der Waals surface area contributed by atoms with Crippen molar-refractivity contribution in [1.29, 1.82) is 0 Å². The van der Waals surface area contributed by atoms with E-state index in [9.17, 15) is 4.79 Å². The van der Waals surface area contributed by atoms with Crippen LogP contribution in [0.1, 0.15) is 30.4 Å². The topological polar surface area (TPSA) is 42.4 Å². The number of hydrogen-bond donors (Lipinski definition) is 0. The Balaban J connectivity index is 1.37. The molecule has 2 aromatic rings. The van der Waals surface area contributed by atoms with Crippen LogP contribution < -0.4 is 0 Å². The smallest absolute Gasteiger partial charge is 0.222 e. The van der Waals surface area contributed by atoms with Gasteiger partial charge in [0.2, 0.25) is 5.91 Å². The van der Waals surface area contributed by atoms with Crippen molar-refractivity contribution in [3.05, 3.63) is 66.0 Å². The zero-order valence-electron chi connectivity index (χ0n) is 13.9. The van der Waals surface area contributed by atoms with E-state index >= 15 is 0 Å². The largest absolute Gasteiger partial charge is 0.373 e. The fraction of sp³-hybridized carbons (Fsp3) is 0.400.